The van der Waals surface area contributed by atoms with Crippen LogP contribution < -0.4 is 10.4 Å². The van der Waals surface area contributed by atoms with Crippen LogP contribution in [0.1, 0.15) is 39.7 Å². The van der Waals surface area contributed by atoms with Gasteiger partial charge >= 0.3 is 0 Å². The number of allylic oxidation sites excluding steroid dienone is 2. The SMILES string of the molecule is CC/C(C)=C(\C)N=c1nc(OC)c(CC)cn1C. The predicted molar refractivity (Wildman–Crippen MR) is 73.4 cm³/mol. The quantitative estimate of drug-likeness (QED) is 0.822. The van der Waals surface area contributed by atoms with E-state index in [9.17, 15) is 0 Å². The van der Waals surface area contributed by atoms with Gasteiger partial charge < -0.3 is 9.30 Å². The lowest BCUT2D eigenvalue weighted by Gasteiger charge is -2.08. The summed E-state index contributed by atoms with van der Waals surface area (Å²) in [6.45, 7) is 8.32. The number of hydrogen-bond acceptors (Lipinski definition) is 3. The molecule has 0 saturated carbocycles. The molecule has 4 heteroatoms. The molecule has 0 aliphatic heterocycles. The second kappa shape index (κ2) is 6.38. The van der Waals surface area contributed by atoms with Gasteiger partial charge in [0.15, 0.2) is 0 Å². The molecule has 0 aliphatic carbocycles. The smallest absolute Gasteiger partial charge is 0.232 e. The average Bonchev–Trinajstić information content (AvgIpc) is 2.39. The molecule has 1 rings (SSSR count). The second-order valence-electron chi connectivity index (χ2n) is 4.37. The maximum atomic E-state index is 5.30. The van der Waals surface area contributed by atoms with Crippen molar-refractivity contribution in [3.05, 3.63) is 28.6 Å². The molecule has 4 nitrogen and oxygen atoms in total. The summed E-state index contributed by atoms with van der Waals surface area (Å²) in [4.78, 5) is 9.02. The van der Waals surface area contributed by atoms with Crippen LogP contribution in [-0.4, -0.2) is 16.7 Å². The first kappa shape index (κ1) is 14.5. The van der Waals surface area contributed by atoms with Gasteiger partial charge in [-0.1, -0.05) is 19.4 Å². The monoisotopic (exact) mass is 249 g/mol. The Balaban J connectivity index is 3.38. The first-order valence-corrected chi connectivity index (χ1v) is 6.35. The van der Waals surface area contributed by atoms with Gasteiger partial charge in [0.05, 0.1) is 7.11 Å². The zero-order chi connectivity index (χ0) is 13.7. The van der Waals surface area contributed by atoms with E-state index in [-0.39, 0.29) is 0 Å². The lowest BCUT2D eigenvalue weighted by molar-refractivity contribution is 0.386. The van der Waals surface area contributed by atoms with Gasteiger partial charge in [-0.25, -0.2) is 4.99 Å². The lowest BCUT2D eigenvalue weighted by atomic mass is 10.2. The van der Waals surface area contributed by atoms with E-state index in [1.807, 2.05) is 24.7 Å². The highest BCUT2D eigenvalue weighted by Gasteiger charge is 2.04. The Bertz CT molecular complexity index is 512. The van der Waals surface area contributed by atoms with Crippen molar-refractivity contribution in [1.82, 2.24) is 9.55 Å². The molecule has 18 heavy (non-hydrogen) atoms. The van der Waals surface area contributed by atoms with Crippen molar-refractivity contribution in [2.75, 3.05) is 7.11 Å². The molecule has 0 aromatic carbocycles. The van der Waals surface area contributed by atoms with Gasteiger partial charge in [-0.05, 0) is 26.7 Å². The van der Waals surface area contributed by atoms with Crippen LogP contribution in [0.3, 0.4) is 0 Å². The predicted octanol–water partition coefficient (Wildman–Crippen LogP) is 2.60. The summed E-state index contributed by atoms with van der Waals surface area (Å²) < 4.78 is 7.24. The highest BCUT2D eigenvalue weighted by Crippen LogP contribution is 2.12. The molecule has 0 fully saturated rings. The van der Waals surface area contributed by atoms with E-state index < -0.39 is 0 Å². The molecular weight excluding hydrogens is 226 g/mol. The minimum absolute atomic E-state index is 0.663. The highest BCUT2D eigenvalue weighted by atomic mass is 16.5. The summed E-state index contributed by atoms with van der Waals surface area (Å²) in [6, 6.07) is 0. The van der Waals surface area contributed by atoms with E-state index in [0.29, 0.717) is 11.5 Å². The fraction of sp³-hybridized carbons (Fsp3) is 0.571. The van der Waals surface area contributed by atoms with E-state index in [2.05, 4.69) is 30.7 Å². The number of aromatic nitrogens is 2. The second-order valence-corrected chi connectivity index (χ2v) is 4.37. The molecule has 0 spiro atoms. The van der Waals surface area contributed by atoms with Crippen LogP contribution in [0.25, 0.3) is 0 Å². The maximum absolute atomic E-state index is 5.30. The first-order valence-electron chi connectivity index (χ1n) is 6.35. The first-order chi connectivity index (χ1) is 8.53. The summed E-state index contributed by atoms with van der Waals surface area (Å²) in [5.41, 5.74) is 4.06. The molecule has 0 radical (unpaired) electrons. The Morgan fingerprint density at radius 1 is 1.39 bits per heavy atom. The van der Waals surface area contributed by atoms with Crippen molar-refractivity contribution in [1.29, 1.82) is 0 Å². The maximum Gasteiger partial charge on any atom is 0.232 e. The molecule has 1 aromatic heterocycles. The van der Waals surface area contributed by atoms with Crippen LogP contribution in [0.15, 0.2) is 22.5 Å². The van der Waals surface area contributed by atoms with Crippen LogP contribution in [0.5, 0.6) is 5.88 Å². The Kier molecular flexibility index (Phi) is 5.13. The van der Waals surface area contributed by atoms with Gasteiger partial charge in [0.25, 0.3) is 0 Å². The number of hydrogen-bond donors (Lipinski definition) is 0. The van der Waals surface area contributed by atoms with Gasteiger partial charge in [-0.2, -0.15) is 4.98 Å². The van der Waals surface area contributed by atoms with Crippen LogP contribution in [0.4, 0.5) is 0 Å². The Morgan fingerprint density at radius 3 is 2.56 bits per heavy atom. The van der Waals surface area contributed by atoms with E-state index in [1.165, 1.54) is 5.57 Å². The third-order valence-corrected chi connectivity index (χ3v) is 3.13. The highest BCUT2D eigenvalue weighted by molar-refractivity contribution is 5.22. The topological polar surface area (TPSA) is 39.4 Å². The number of nitrogens with zero attached hydrogens (tertiary/aromatic N) is 3. The molecule has 0 amide bonds. The third kappa shape index (κ3) is 3.22. The number of methoxy groups -OCH3 is 1. The Morgan fingerprint density at radius 2 is 2.06 bits per heavy atom. The van der Waals surface area contributed by atoms with Crippen molar-refractivity contribution in [3.63, 3.8) is 0 Å². The fourth-order valence-electron chi connectivity index (χ4n) is 1.61. The summed E-state index contributed by atoms with van der Waals surface area (Å²) >= 11 is 0. The molecule has 100 valence electrons. The van der Waals surface area contributed by atoms with Crippen molar-refractivity contribution in [2.24, 2.45) is 12.0 Å². The zero-order valence-corrected chi connectivity index (χ0v) is 12.2. The van der Waals surface area contributed by atoms with Gasteiger partial charge in [-0.3, -0.25) is 0 Å². The van der Waals surface area contributed by atoms with Crippen LogP contribution in [0, 0.1) is 0 Å². The van der Waals surface area contributed by atoms with Gasteiger partial charge in [0.2, 0.25) is 11.5 Å². The number of rotatable bonds is 4. The molecule has 0 unspecified atom stereocenters. The van der Waals surface area contributed by atoms with E-state index in [0.717, 1.165) is 24.1 Å². The average molecular weight is 249 g/mol. The van der Waals surface area contributed by atoms with Crippen LogP contribution >= 0.6 is 0 Å². The summed E-state index contributed by atoms with van der Waals surface area (Å²) in [5, 5.41) is 0. The molecule has 1 heterocycles. The fourth-order valence-corrected chi connectivity index (χ4v) is 1.61. The van der Waals surface area contributed by atoms with E-state index >= 15 is 0 Å². The molecule has 0 aliphatic rings. The summed E-state index contributed by atoms with van der Waals surface area (Å²) in [6.07, 6.45) is 3.93. The van der Waals surface area contributed by atoms with E-state index in [4.69, 9.17) is 4.74 Å². The Hall–Kier alpha value is -1.58. The standard InChI is InChI=1S/C14H23N3O/c1-7-10(3)11(4)15-14-16-13(18-6)12(8-2)9-17(14)5/h9H,7-8H2,1-6H3/b11-10+,15-14?. The van der Waals surface area contributed by atoms with Crippen molar-refractivity contribution in [2.45, 2.75) is 40.5 Å². The summed E-state index contributed by atoms with van der Waals surface area (Å²) in [5.74, 6) is 0.663. The van der Waals surface area contributed by atoms with Crippen molar-refractivity contribution < 1.29 is 4.74 Å². The van der Waals surface area contributed by atoms with Crippen molar-refractivity contribution >= 4 is 0 Å². The molecule has 0 bridgehead atoms. The van der Waals surface area contributed by atoms with Gasteiger partial charge in [0.1, 0.15) is 0 Å². The largest absolute Gasteiger partial charge is 0.481 e. The third-order valence-electron chi connectivity index (χ3n) is 3.13. The molecular formula is C14H23N3O. The molecule has 0 saturated heterocycles. The molecule has 1 aromatic rings. The van der Waals surface area contributed by atoms with Gasteiger partial charge in [0, 0.05) is 24.5 Å². The van der Waals surface area contributed by atoms with Crippen molar-refractivity contribution in [3.8, 4) is 5.88 Å². The molecule has 0 N–H and O–H groups in total. The molecule has 0 atom stereocenters. The van der Waals surface area contributed by atoms with Crippen LogP contribution in [0.2, 0.25) is 0 Å². The summed E-state index contributed by atoms with van der Waals surface area (Å²) in [7, 11) is 3.60. The number of ether oxygens (including phenoxy) is 1. The van der Waals surface area contributed by atoms with Crippen LogP contribution in [-0.2, 0) is 13.5 Å². The van der Waals surface area contributed by atoms with Gasteiger partial charge in [-0.15, -0.1) is 0 Å². The normalized spacial score (nSPS) is 13.6. The minimum atomic E-state index is 0.663. The number of aryl methyl sites for hydroxylation is 2. The minimum Gasteiger partial charge on any atom is -0.481 e. The van der Waals surface area contributed by atoms with E-state index in [1.54, 1.807) is 7.11 Å². The lowest BCUT2D eigenvalue weighted by Crippen LogP contribution is -2.23. The Labute approximate surface area is 109 Å². The zero-order valence-electron chi connectivity index (χ0n) is 12.2.